The van der Waals surface area contributed by atoms with Gasteiger partial charge < -0.3 is 4.74 Å². The molecule has 0 aliphatic heterocycles. The summed E-state index contributed by atoms with van der Waals surface area (Å²) in [5, 5.41) is 17.2. The van der Waals surface area contributed by atoms with Gasteiger partial charge in [0.2, 0.25) is 0 Å². The Morgan fingerprint density at radius 3 is 2.79 bits per heavy atom. The maximum absolute atomic E-state index is 11.0. The Hall–Kier alpha value is -3.46. The molecule has 118 valence electrons. The first-order valence-corrected chi connectivity index (χ1v) is 7.34. The van der Waals surface area contributed by atoms with E-state index in [1.807, 2.05) is 18.2 Å². The van der Waals surface area contributed by atoms with Crippen molar-refractivity contribution in [2.75, 3.05) is 0 Å². The fourth-order valence-electron chi connectivity index (χ4n) is 2.28. The summed E-state index contributed by atoms with van der Waals surface area (Å²) in [6, 6.07) is 16.5. The van der Waals surface area contributed by atoms with E-state index in [-0.39, 0.29) is 6.61 Å². The third-order valence-corrected chi connectivity index (χ3v) is 3.48. The van der Waals surface area contributed by atoms with Crippen LogP contribution in [0.1, 0.15) is 27.2 Å². The molecule has 0 saturated carbocycles. The Morgan fingerprint density at radius 1 is 1.17 bits per heavy atom. The molecule has 0 fully saturated rings. The molecular weight excluding hydrogens is 304 g/mol. The summed E-state index contributed by atoms with van der Waals surface area (Å²) in [5.41, 5.74) is 2.63. The second-order valence-corrected chi connectivity index (χ2v) is 5.12. The first-order valence-electron chi connectivity index (χ1n) is 7.34. The molecule has 0 atom stereocenters. The molecular formula is C18H14N4O2. The predicted octanol–water partition coefficient (Wildman–Crippen LogP) is 2.59. The van der Waals surface area contributed by atoms with Crippen LogP contribution in [-0.4, -0.2) is 21.3 Å². The molecule has 2 aromatic carbocycles. The van der Waals surface area contributed by atoms with Crippen molar-refractivity contribution in [2.24, 2.45) is 0 Å². The highest BCUT2D eigenvalue weighted by Crippen LogP contribution is 2.17. The molecule has 0 N–H and O–H groups in total. The summed E-state index contributed by atoms with van der Waals surface area (Å²) in [4.78, 5) is 11.0. The summed E-state index contributed by atoms with van der Waals surface area (Å²) < 4.78 is 7.28. The van der Waals surface area contributed by atoms with Gasteiger partial charge in [0, 0.05) is 0 Å². The van der Waals surface area contributed by atoms with Crippen molar-refractivity contribution < 1.29 is 9.53 Å². The molecule has 0 unspecified atom stereocenters. The Kier molecular flexibility index (Phi) is 4.63. The molecule has 0 saturated heterocycles. The van der Waals surface area contributed by atoms with Gasteiger partial charge in [0.25, 0.3) is 0 Å². The molecule has 3 rings (SSSR count). The van der Waals surface area contributed by atoms with E-state index in [4.69, 9.17) is 10.00 Å². The van der Waals surface area contributed by atoms with Gasteiger partial charge >= 0.3 is 0 Å². The lowest BCUT2D eigenvalue weighted by Gasteiger charge is -2.05. The lowest BCUT2D eigenvalue weighted by molar-refractivity contribution is 0.111. The van der Waals surface area contributed by atoms with E-state index < -0.39 is 0 Å². The number of nitrogens with zero attached hydrogens (tertiary/aromatic N) is 4. The second kappa shape index (κ2) is 7.20. The standard InChI is InChI=1S/C18H14N4O2/c19-9-14-5-1-2-6-15(14)10-22-11-17(20-21-22)13-24-18-8-4-3-7-16(18)12-23/h1-8,11-12H,10,13H2. The maximum Gasteiger partial charge on any atom is 0.153 e. The van der Waals surface area contributed by atoms with Gasteiger partial charge in [0.05, 0.1) is 29.9 Å². The summed E-state index contributed by atoms with van der Waals surface area (Å²) in [7, 11) is 0. The van der Waals surface area contributed by atoms with Gasteiger partial charge in [0.1, 0.15) is 18.1 Å². The summed E-state index contributed by atoms with van der Waals surface area (Å²) in [6.07, 6.45) is 2.52. The highest BCUT2D eigenvalue weighted by atomic mass is 16.5. The molecule has 1 aromatic heterocycles. The minimum absolute atomic E-state index is 0.213. The maximum atomic E-state index is 11.0. The quantitative estimate of drug-likeness (QED) is 0.653. The number of aromatic nitrogens is 3. The molecule has 3 aromatic rings. The number of carbonyl (C=O) groups excluding carboxylic acids is 1. The topological polar surface area (TPSA) is 80.8 Å². The summed E-state index contributed by atoms with van der Waals surface area (Å²) >= 11 is 0. The van der Waals surface area contributed by atoms with Crippen LogP contribution in [0, 0.1) is 11.3 Å². The highest BCUT2D eigenvalue weighted by Gasteiger charge is 2.07. The van der Waals surface area contributed by atoms with Crippen LogP contribution in [0.25, 0.3) is 0 Å². The van der Waals surface area contributed by atoms with Gasteiger partial charge in [-0.05, 0) is 23.8 Å². The fourth-order valence-corrected chi connectivity index (χ4v) is 2.28. The van der Waals surface area contributed by atoms with Crippen LogP contribution in [-0.2, 0) is 13.2 Å². The first kappa shape index (κ1) is 15.4. The van der Waals surface area contributed by atoms with Crippen LogP contribution in [0.2, 0.25) is 0 Å². The summed E-state index contributed by atoms with van der Waals surface area (Å²) in [6.45, 7) is 0.673. The molecule has 0 aliphatic carbocycles. The SMILES string of the molecule is N#Cc1ccccc1Cn1cc(COc2ccccc2C=O)nn1. The number of nitriles is 1. The van der Waals surface area contributed by atoms with Gasteiger partial charge in [0.15, 0.2) is 6.29 Å². The highest BCUT2D eigenvalue weighted by molar-refractivity contribution is 5.79. The van der Waals surface area contributed by atoms with Crippen LogP contribution < -0.4 is 4.74 Å². The first-order chi connectivity index (χ1) is 11.8. The third-order valence-electron chi connectivity index (χ3n) is 3.48. The number of ether oxygens (including phenoxy) is 1. The molecule has 24 heavy (non-hydrogen) atoms. The number of carbonyl (C=O) groups is 1. The molecule has 0 radical (unpaired) electrons. The van der Waals surface area contributed by atoms with Gasteiger partial charge in [-0.25, -0.2) is 4.68 Å². The predicted molar refractivity (Wildman–Crippen MR) is 86.4 cm³/mol. The van der Waals surface area contributed by atoms with Gasteiger partial charge in [-0.15, -0.1) is 5.10 Å². The minimum Gasteiger partial charge on any atom is -0.486 e. The molecule has 1 heterocycles. The Labute approximate surface area is 138 Å². The van der Waals surface area contributed by atoms with Gasteiger partial charge in [-0.3, -0.25) is 4.79 Å². The molecule has 0 aliphatic rings. The molecule has 0 bridgehead atoms. The van der Waals surface area contributed by atoms with Crippen LogP contribution in [0.4, 0.5) is 0 Å². The lowest BCUT2D eigenvalue weighted by Crippen LogP contribution is -2.02. The van der Waals surface area contributed by atoms with Crippen molar-refractivity contribution in [1.82, 2.24) is 15.0 Å². The Balaban J connectivity index is 1.68. The van der Waals surface area contributed by atoms with Crippen molar-refractivity contribution in [2.45, 2.75) is 13.2 Å². The zero-order valence-corrected chi connectivity index (χ0v) is 12.8. The average Bonchev–Trinajstić information content (AvgIpc) is 3.08. The zero-order chi connectivity index (χ0) is 16.8. The van der Waals surface area contributed by atoms with Crippen molar-refractivity contribution >= 4 is 6.29 Å². The Bertz CT molecular complexity index is 896. The average molecular weight is 318 g/mol. The van der Waals surface area contributed by atoms with Gasteiger partial charge in [-0.1, -0.05) is 35.5 Å². The second-order valence-electron chi connectivity index (χ2n) is 5.12. The number of hydrogen-bond donors (Lipinski definition) is 0. The summed E-state index contributed by atoms with van der Waals surface area (Å²) in [5.74, 6) is 0.511. The zero-order valence-electron chi connectivity index (χ0n) is 12.8. The van der Waals surface area contributed by atoms with Gasteiger partial charge in [-0.2, -0.15) is 5.26 Å². The van der Waals surface area contributed by atoms with E-state index in [1.165, 1.54) is 0 Å². The smallest absolute Gasteiger partial charge is 0.153 e. The number of rotatable bonds is 6. The van der Waals surface area contributed by atoms with Crippen LogP contribution in [0.15, 0.2) is 54.7 Å². The van der Waals surface area contributed by atoms with Crippen molar-refractivity contribution in [1.29, 1.82) is 5.26 Å². The van der Waals surface area contributed by atoms with E-state index in [9.17, 15) is 4.79 Å². The van der Waals surface area contributed by atoms with Crippen molar-refractivity contribution in [3.8, 4) is 11.8 Å². The van der Waals surface area contributed by atoms with Crippen LogP contribution in [0.5, 0.6) is 5.75 Å². The Morgan fingerprint density at radius 2 is 1.96 bits per heavy atom. The number of hydrogen-bond acceptors (Lipinski definition) is 5. The van der Waals surface area contributed by atoms with E-state index in [2.05, 4.69) is 16.4 Å². The monoisotopic (exact) mass is 318 g/mol. The molecule has 6 heteroatoms. The van der Waals surface area contributed by atoms with Crippen LogP contribution in [0.3, 0.4) is 0 Å². The normalized spacial score (nSPS) is 10.1. The van der Waals surface area contributed by atoms with Crippen LogP contribution >= 0.6 is 0 Å². The number of benzene rings is 2. The van der Waals surface area contributed by atoms with Crippen molar-refractivity contribution in [3.05, 3.63) is 77.1 Å². The number of aldehydes is 1. The minimum atomic E-state index is 0.213. The lowest BCUT2D eigenvalue weighted by atomic mass is 10.1. The number of para-hydroxylation sites is 1. The fraction of sp³-hybridized carbons (Fsp3) is 0.111. The molecule has 0 amide bonds. The third kappa shape index (κ3) is 3.47. The molecule has 0 spiro atoms. The van der Waals surface area contributed by atoms with E-state index in [1.54, 1.807) is 41.2 Å². The van der Waals surface area contributed by atoms with E-state index in [0.717, 1.165) is 11.8 Å². The van der Waals surface area contributed by atoms with E-state index >= 15 is 0 Å². The van der Waals surface area contributed by atoms with Crippen molar-refractivity contribution in [3.63, 3.8) is 0 Å². The van der Waals surface area contributed by atoms with E-state index in [0.29, 0.717) is 29.1 Å². The largest absolute Gasteiger partial charge is 0.486 e. The molecule has 6 nitrogen and oxygen atoms in total.